The van der Waals surface area contributed by atoms with Crippen molar-refractivity contribution in [3.05, 3.63) is 30.3 Å². The van der Waals surface area contributed by atoms with Crippen molar-refractivity contribution in [2.24, 2.45) is 0 Å². The molecule has 0 aliphatic rings. The molecule has 22 heavy (non-hydrogen) atoms. The van der Waals surface area contributed by atoms with E-state index in [1.54, 1.807) is 21.0 Å². The number of likely N-dealkylation sites (N-methyl/N-ethyl adjacent to an activating group) is 1. The quantitative estimate of drug-likeness (QED) is 0.596. The highest BCUT2D eigenvalue weighted by atomic mass is 32.2. The topological polar surface area (TPSA) is 75.7 Å². The van der Waals surface area contributed by atoms with Gasteiger partial charge in [-0.1, -0.05) is 18.2 Å². The van der Waals surface area contributed by atoms with Crippen molar-refractivity contribution >= 4 is 29.5 Å². The molecule has 0 fully saturated rings. The van der Waals surface area contributed by atoms with Gasteiger partial charge >= 0.3 is 5.97 Å². The zero-order valence-electron chi connectivity index (χ0n) is 12.9. The SMILES string of the molecule is C[C@@H](Sc1ccccc1)C(=O)OCC(=O)NCC(=O)N(C)C. The molecule has 1 N–H and O–H groups in total. The van der Waals surface area contributed by atoms with Crippen molar-refractivity contribution < 1.29 is 19.1 Å². The minimum Gasteiger partial charge on any atom is -0.455 e. The molecule has 0 aliphatic heterocycles. The molecular weight excluding hydrogens is 304 g/mol. The summed E-state index contributed by atoms with van der Waals surface area (Å²) in [6, 6.07) is 9.46. The predicted octanol–water partition coefficient (Wildman–Crippen LogP) is 0.915. The van der Waals surface area contributed by atoms with Gasteiger partial charge in [0.1, 0.15) is 5.25 Å². The summed E-state index contributed by atoms with van der Waals surface area (Å²) in [5.74, 6) is -1.20. The van der Waals surface area contributed by atoms with Crippen molar-refractivity contribution in [3.8, 4) is 0 Å². The Labute approximate surface area is 134 Å². The normalized spacial score (nSPS) is 11.4. The van der Waals surface area contributed by atoms with Crippen molar-refractivity contribution in [2.75, 3.05) is 27.2 Å². The molecule has 0 saturated carbocycles. The van der Waals surface area contributed by atoms with Crippen LogP contribution in [0.25, 0.3) is 0 Å². The largest absolute Gasteiger partial charge is 0.455 e. The molecule has 1 atom stereocenters. The van der Waals surface area contributed by atoms with Gasteiger partial charge in [0, 0.05) is 19.0 Å². The Hall–Kier alpha value is -2.02. The van der Waals surface area contributed by atoms with E-state index in [0.29, 0.717) is 0 Å². The van der Waals surface area contributed by atoms with Crippen molar-refractivity contribution in [2.45, 2.75) is 17.1 Å². The van der Waals surface area contributed by atoms with Crippen LogP contribution in [0.4, 0.5) is 0 Å². The van der Waals surface area contributed by atoms with Crippen LogP contribution in [0.15, 0.2) is 35.2 Å². The molecule has 0 spiro atoms. The van der Waals surface area contributed by atoms with Gasteiger partial charge < -0.3 is 15.0 Å². The molecule has 0 unspecified atom stereocenters. The molecule has 1 rings (SSSR count). The van der Waals surface area contributed by atoms with Crippen LogP contribution < -0.4 is 5.32 Å². The van der Waals surface area contributed by atoms with Crippen LogP contribution in [0.2, 0.25) is 0 Å². The second-order valence-corrected chi connectivity index (χ2v) is 6.16. The molecule has 0 saturated heterocycles. The van der Waals surface area contributed by atoms with E-state index in [-0.39, 0.29) is 19.1 Å². The summed E-state index contributed by atoms with van der Waals surface area (Å²) in [6.07, 6.45) is 0. The second-order valence-electron chi connectivity index (χ2n) is 4.75. The minimum absolute atomic E-state index is 0.113. The molecule has 1 aromatic carbocycles. The molecule has 0 aromatic heterocycles. The van der Waals surface area contributed by atoms with Crippen LogP contribution in [0.5, 0.6) is 0 Å². The zero-order chi connectivity index (χ0) is 16.5. The first-order chi connectivity index (χ1) is 10.4. The monoisotopic (exact) mass is 324 g/mol. The first-order valence-corrected chi connectivity index (χ1v) is 7.63. The highest BCUT2D eigenvalue weighted by Gasteiger charge is 2.17. The maximum atomic E-state index is 11.8. The molecule has 0 aliphatic carbocycles. The summed E-state index contributed by atoms with van der Waals surface area (Å²) in [6.45, 7) is 1.21. The summed E-state index contributed by atoms with van der Waals surface area (Å²) >= 11 is 1.36. The fourth-order valence-corrected chi connectivity index (χ4v) is 2.28. The lowest BCUT2D eigenvalue weighted by molar-refractivity contribution is -0.147. The number of hydrogen-bond acceptors (Lipinski definition) is 5. The number of esters is 1. The van der Waals surface area contributed by atoms with Gasteiger partial charge in [0.25, 0.3) is 5.91 Å². The smallest absolute Gasteiger partial charge is 0.319 e. The number of nitrogens with one attached hydrogen (secondary N) is 1. The van der Waals surface area contributed by atoms with E-state index in [0.717, 1.165) is 4.90 Å². The first kappa shape index (κ1) is 18.0. The molecule has 7 heteroatoms. The fourth-order valence-electron chi connectivity index (χ4n) is 1.39. The molecule has 6 nitrogen and oxygen atoms in total. The summed E-state index contributed by atoms with van der Waals surface area (Å²) in [5, 5.41) is 1.98. The molecular formula is C15H20N2O4S. The van der Waals surface area contributed by atoms with Gasteiger partial charge in [-0.2, -0.15) is 0 Å². The van der Waals surface area contributed by atoms with Gasteiger partial charge in [-0.25, -0.2) is 0 Å². The van der Waals surface area contributed by atoms with Crippen molar-refractivity contribution in [3.63, 3.8) is 0 Å². The predicted molar refractivity (Wildman–Crippen MR) is 84.4 cm³/mol. The highest BCUT2D eigenvalue weighted by Crippen LogP contribution is 2.23. The standard InChI is InChI=1S/C15H20N2O4S/c1-11(22-12-7-5-4-6-8-12)15(20)21-10-13(18)16-9-14(19)17(2)3/h4-8,11H,9-10H2,1-3H3,(H,16,18)/t11-/m1/s1. The maximum Gasteiger partial charge on any atom is 0.319 e. The summed E-state index contributed by atoms with van der Waals surface area (Å²) in [5.41, 5.74) is 0. The van der Waals surface area contributed by atoms with E-state index in [1.807, 2.05) is 30.3 Å². The Balaban J connectivity index is 2.30. The van der Waals surface area contributed by atoms with E-state index in [2.05, 4.69) is 5.32 Å². The number of ether oxygens (including phenoxy) is 1. The maximum absolute atomic E-state index is 11.8. The Morgan fingerprint density at radius 2 is 1.86 bits per heavy atom. The second kappa shape index (κ2) is 9.09. The van der Waals surface area contributed by atoms with E-state index in [1.165, 1.54) is 16.7 Å². The van der Waals surface area contributed by atoms with E-state index < -0.39 is 17.1 Å². The molecule has 0 radical (unpaired) electrons. The zero-order valence-corrected chi connectivity index (χ0v) is 13.7. The van der Waals surface area contributed by atoms with E-state index >= 15 is 0 Å². The van der Waals surface area contributed by atoms with Gasteiger partial charge in [-0.3, -0.25) is 14.4 Å². The van der Waals surface area contributed by atoms with Crippen LogP contribution in [0, 0.1) is 0 Å². The lowest BCUT2D eigenvalue weighted by Crippen LogP contribution is -2.38. The van der Waals surface area contributed by atoms with Crippen LogP contribution in [0.3, 0.4) is 0 Å². The molecule has 1 aromatic rings. The number of carbonyl (C=O) groups excluding carboxylic acids is 3. The molecule has 0 heterocycles. The Morgan fingerprint density at radius 1 is 1.23 bits per heavy atom. The average Bonchev–Trinajstić information content (AvgIpc) is 2.50. The van der Waals surface area contributed by atoms with Crippen LogP contribution in [-0.2, 0) is 19.1 Å². The van der Waals surface area contributed by atoms with Gasteiger partial charge in [-0.15, -0.1) is 11.8 Å². The van der Waals surface area contributed by atoms with Crippen LogP contribution >= 0.6 is 11.8 Å². The van der Waals surface area contributed by atoms with Crippen LogP contribution in [0.1, 0.15) is 6.92 Å². The van der Waals surface area contributed by atoms with Gasteiger partial charge in [0.15, 0.2) is 6.61 Å². The Kier molecular flexibility index (Phi) is 7.45. The van der Waals surface area contributed by atoms with Gasteiger partial charge in [-0.05, 0) is 19.1 Å². The molecule has 120 valence electrons. The lowest BCUT2D eigenvalue weighted by Gasteiger charge is -2.12. The summed E-state index contributed by atoms with van der Waals surface area (Å²) in [4.78, 5) is 36.9. The third-order valence-corrected chi connectivity index (χ3v) is 3.76. The number of carbonyl (C=O) groups is 3. The number of nitrogens with zero attached hydrogens (tertiary/aromatic N) is 1. The first-order valence-electron chi connectivity index (χ1n) is 6.75. The van der Waals surface area contributed by atoms with E-state index in [4.69, 9.17) is 4.74 Å². The van der Waals surface area contributed by atoms with Gasteiger partial charge in [0.05, 0.1) is 6.54 Å². The van der Waals surface area contributed by atoms with E-state index in [9.17, 15) is 14.4 Å². The lowest BCUT2D eigenvalue weighted by atomic mass is 10.4. The third kappa shape index (κ3) is 6.62. The number of benzene rings is 1. The minimum atomic E-state index is -0.500. The number of thioether (sulfide) groups is 1. The van der Waals surface area contributed by atoms with Crippen LogP contribution in [-0.4, -0.2) is 55.2 Å². The third-order valence-electron chi connectivity index (χ3n) is 2.67. The summed E-state index contributed by atoms with van der Waals surface area (Å²) in [7, 11) is 3.19. The Bertz CT molecular complexity index is 520. The summed E-state index contributed by atoms with van der Waals surface area (Å²) < 4.78 is 4.93. The van der Waals surface area contributed by atoms with Crippen molar-refractivity contribution in [1.82, 2.24) is 10.2 Å². The number of rotatable bonds is 7. The highest BCUT2D eigenvalue weighted by molar-refractivity contribution is 8.00. The average molecular weight is 324 g/mol. The fraction of sp³-hybridized carbons (Fsp3) is 0.400. The Morgan fingerprint density at radius 3 is 2.45 bits per heavy atom. The van der Waals surface area contributed by atoms with Crippen molar-refractivity contribution in [1.29, 1.82) is 0 Å². The number of amides is 2. The molecule has 0 bridgehead atoms. The number of hydrogen-bond donors (Lipinski definition) is 1. The van der Waals surface area contributed by atoms with Gasteiger partial charge in [0.2, 0.25) is 5.91 Å². The molecule has 2 amide bonds.